The SMILES string of the molecule is O=C(c1ccc2c(c1)OCCN2c1cc2nc[nH]c(=O)c2cn1)N1CCC(F)(F)CC1. The summed E-state index contributed by atoms with van der Waals surface area (Å²) < 4.78 is 32.6. The zero-order valence-corrected chi connectivity index (χ0v) is 16.5. The molecular formula is C21H19F2N5O3. The Morgan fingerprint density at radius 2 is 1.94 bits per heavy atom. The molecule has 0 saturated carbocycles. The van der Waals surface area contributed by atoms with Gasteiger partial charge in [0, 0.05) is 43.8 Å². The fourth-order valence-corrected chi connectivity index (χ4v) is 3.91. The van der Waals surface area contributed by atoms with Crippen molar-refractivity contribution in [3.8, 4) is 5.75 Å². The van der Waals surface area contributed by atoms with Crippen LogP contribution in [-0.2, 0) is 0 Å². The Balaban J connectivity index is 1.43. The molecule has 8 nitrogen and oxygen atoms in total. The van der Waals surface area contributed by atoms with E-state index in [0.717, 1.165) is 5.69 Å². The van der Waals surface area contributed by atoms with Crippen LogP contribution in [0.15, 0.2) is 41.6 Å². The molecule has 31 heavy (non-hydrogen) atoms. The number of ether oxygens (including phenoxy) is 1. The lowest BCUT2D eigenvalue weighted by atomic mass is 10.0. The standard InChI is InChI=1S/C21H19F2N5O3/c22-21(23)3-5-27(6-4-21)20(30)13-1-2-16-17(9-13)31-8-7-28(16)18-10-15-14(11-24-18)19(29)26-12-25-15/h1-2,9-12H,3-8H2,(H,25,26,29). The van der Waals surface area contributed by atoms with Gasteiger partial charge in [0.15, 0.2) is 0 Å². The average molecular weight is 427 g/mol. The summed E-state index contributed by atoms with van der Waals surface area (Å²) in [6.45, 7) is 0.971. The molecular weight excluding hydrogens is 408 g/mol. The van der Waals surface area contributed by atoms with E-state index >= 15 is 0 Å². The number of aromatic nitrogens is 3. The number of halogens is 2. The molecule has 2 aromatic heterocycles. The van der Waals surface area contributed by atoms with Crippen LogP contribution in [-0.4, -0.2) is 57.9 Å². The fraction of sp³-hybridized carbons (Fsp3) is 0.333. The number of pyridine rings is 1. The van der Waals surface area contributed by atoms with Gasteiger partial charge in [0.05, 0.1) is 29.5 Å². The minimum atomic E-state index is -2.71. The quantitative estimate of drug-likeness (QED) is 0.676. The second-order valence-corrected chi connectivity index (χ2v) is 7.62. The number of alkyl halides is 2. The van der Waals surface area contributed by atoms with Gasteiger partial charge >= 0.3 is 0 Å². The predicted octanol–water partition coefficient (Wildman–Crippen LogP) is 2.72. The summed E-state index contributed by atoms with van der Waals surface area (Å²) in [6.07, 6.45) is 2.18. The summed E-state index contributed by atoms with van der Waals surface area (Å²) in [6, 6.07) is 6.80. The monoisotopic (exact) mass is 427 g/mol. The van der Waals surface area contributed by atoms with Gasteiger partial charge in [-0.25, -0.2) is 18.7 Å². The Bertz CT molecular complexity index is 1220. The van der Waals surface area contributed by atoms with E-state index < -0.39 is 5.92 Å². The lowest BCUT2D eigenvalue weighted by molar-refractivity contribution is -0.0494. The second-order valence-electron chi connectivity index (χ2n) is 7.62. The maximum atomic E-state index is 13.4. The van der Waals surface area contributed by atoms with Crippen molar-refractivity contribution in [2.24, 2.45) is 0 Å². The van der Waals surface area contributed by atoms with Gasteiger partial charge in [-0.1, -0.05) is 0 Å². The first-order valence-electron chi connectivity index (χ1n) is 9.96. The zero-order valence-electron chi connectivity index (χ0n) is 16.5. The zero-order chi connectivity index (χ0) is 21.6. The van der Waals surface area contributed by atoms with Crippen LogP contribution in [0.5, 0.6) is 5.75 Å². The molecule has 160 valence electrons. The topological polar surface area (TPSA) is 91.4 Å². The predicted molar refractivity (Wildman–Crippen MR) is 109 cm³/mol. The van der Waals surface area contributed by atoms with Gasteiger partial charge in [-0.3, -0.25) is 9.59 Å². The first-order valence-corrected chi connectivity index (χ1v) is 9.96. The Labute approximate surface area is 175 Å². The molecule has 1 N–H and O–H groups in total. The molecule has 1 saturated heterocycles. The molecule has 3 aromatic rings. The first kappa shape index (κ1) is 19.4. The largest absolute Gasteiger partial charge is 0.490 e. The molecule has 2 aliphatic rings. The highest BCUT2D eigenvalue weighted by Crippen LogP contribution is 2.37. The maximum absolute atomic E-state index is 13.4. The van der Waals surface area contributed by atoms with E-state index in [9.17, 15) is 18.4 Å². The molecule has 0 aliphatic carbocycles. The van der Waals surface area contributed by atoms with Gasteiger partial charge in [-0.15, -0.1) is 0 Å². The van der Waals surface area contributed by atoms with Crippen molar-refractivity contribution >= 4 is 28.3 Å². The number of anilines is 2. The summed E-state index contributed by atoms with van der Waals surface area (Å²) in [7, 11) is 0. The van der Waals surface area contributed by atoms with Crippen molar-refractivity contribution in [2.75, 3.05) is 31.1 Å². The number of H-pyrrole nitrogens is 1. The number of carbonyl (C=O) groups is 1. The number of fused-ring (bicyclic) bond motifs is 2. The normalized spacial score (nSPS) is 17.9. The van der Waals surface area contributed by atoms with Crippen LogP contribution in [0.2, 0.25) is 0 Å². The van der Waals surface area contributed by atoms with Gasteiger partial charge in [0.1, 0.15) is 18.2 Å². The van der Waals surface area contributed by atoms with Crippen LogP contribution in [0.25, 0.3) is 10.9 Å². The highest BCUT2D eigenvalue weighted by molar-refractivity contribution is 5.95. The number of piperidine rings is 1. The first-order chi connectivity index (χ1) is 14.9. The van der Waals surface area contributed by atoms with Crippen molar-refractivity contribution in [1.29, 1.82) is 0 Å². The van der Waals surface area contributed by atoms with E-state index in [4.69, 9.17) is 4.74 Å². The van der Waals surface area contributed by atoms with Gasteiger partial charge in [-0.2, -0.15) is 0 Å². The fourth-order valence-electron chi connectivity index (χ4n) is 3.91. The molecule has 0 unspecified atom stereocenters. The molecule has 10 heteroatoms. The van der Waals surface area contributed by atoms with E-state index in [2.05, 4.69) is 15.0 Å². The number of nitrogens with zero attached hydrogens (tertiary/aromatic N) is 4. The van der Waals surface area contributed by atoms with Gasteiger partial charge in [0.25, 0.3) is 17.4 Å². The van der Waals surface area contributed by atoms with Gasteiger partial charge < -0.3 is 19.5 Å². The molecule has 0 spiro atoms. The van der Waals surface area contributed by atoms with E-state index in [1.54, 1.807) is 24.3 Å². The second kappa shape index (κ2) is 7.29. The van der Waals surface area contributed by atoms with Crippen LogP contribution in [0.4, 0.5) is 20.3 Å². The van der Waals surface area contributed by atoms with E-state index in [1.807, 2.05) is 4.90 Å². The minimum Gasteiger partial charge on any atom is -0.490 e. The van der Waals surface area contributed by atoms with Gasteiger partial charge in [0.2, 0.25) is 0 Å². The third-order valence-electron chi connectivity index (χ3n) is 5.64. The lowest BCUT2D eigenvalue weighted by Gasteiger charge is -2.33. The summed E-state index contributed by atoms with van der Waals surface area (Å²) in [4.78, 5) is 39.2. The number of hydrogen-bond acceptors (Lipinski definition) is 6. The highest BCUT2D eigenvalue weighted by Gasteiger charge is 2.36. The Morgan fingerprint density at radius 3 is 2.74 bits per heavy atom. The number of aromatic amines is 1. The molecule has 0 bridgehead atoms. The number of likely N-dealkylation sites (tertiary alicyclic amines) is 1. The van der Waals surface area contributed by atoms with Crippen molar-refractivity contribution in [3.63, 3.8) is 0 Å². The van der Waals surface area contributed by atoms with Gasteiger partial charge in [-0.05, 0) is 18.2 Å². The Hall–Kier alpha value is -3.56. The molecule has 5 rings (SSSR count). The number of carbonyl (C=O) groups excluding carboxylic acids is 1. The molecule has 1 fully saturated rings. The van der Waals surface area contributed by atoms with Crippen LogP contribution in [0, 0.1) is 0 Å². The molecule has 4 heterocycles. The number of hydrogen-bond donors (Lipinski definition) is 1. The molecule has 0 radical (unpaired) electrons. The number of rotatable bonds is 2. The molecule has 1 aromatic carbocycles. The lowest BCUT2D eigenvalue weighted by Crippen LogP contribution is -2.42. The summed E-state index contributed by atoms with van der Waals surface area (Å²) in [5.41, 5.74) is 1.38. The average Bonchev–Trinajstić information content (AvgIpc) is 2.78. The molecule has 0 atom stereocenters. The van der Waals surface area contributed by atoms with Crippen molar-refractivity contribution in [3.05, 3.63) is 52.7 Å². The summed E-state index contributed by atoms with van der Waals surface area (Å²) in [5, 5.41) is 0.396. The van der Waals surface area contributed by atoms with Crippen molar-refractivity contribution in [2.45, 2.75) is 18.8 Å². The summed E-state index contributed by atoms with van der Waals surface area (Å²) in [5.74, 6) is -1.87. The van der Waals surface area contributed by atoms with Crippen LogP contribution >= 0.6 is 0 Å². The Morgan fingerprint density at radius 1 is 1.13 bits per heavy atom. The van der Waals surface area contributed by atoms with Crippen LogP contribution in [0.3, 0.4) is 0 Å². The maximum Gasteiger partial charge on any atom is 0.260 e. The number of amides is 1. The third kappa shape index (κ3) is 3.58. The van der Waals surface area contributed by atoms with Crippen molar-refractivity contribution < 1.29 is 18.3 Å². The minimum absolute atomic E-state index is 0.0308. The van der Waals surface area contributed by atoms with Crippen molar-refractivity contribution in [1.82, 2.24) is 19.9 Å². The number of benzene rings is 1. The van der Waals surface area contributed by atoms with E-state index in [-0.39, 0.29) is 37.4 Å². The number of nitrogens with one attached hydrogen (secondary N) is 1. The molecule has 1 amide bonds. The van der Waals surface area contributed by atoms with Crippen LogP contribution in [0.1, 0.15) is 23.2 Å². The molecule has 2 aliphatic heterocycles. The highest BCUT2D eigenvalue weighted by atomic mass is 19.3. The summed E-state index contributed by atoms with van der Waals surface area (Å²) >= 11 is 0. The smallest absolute Gasteiger partial charge is 0.260 e. The van der Waals surface area contributed by atoms with E-state index in [0.29, 0.717) is 41.2 Å². The van der Waals surface area contributed by atoms with E-state index in [1.165, 1.54) is 17.4 Å². The third-order valence-corrected chi connectivity index (χ3v) is 5.64. The van der Waals surface area contributed by atoms with Crippen LogP contribution < -0.4 is 15.2 Å². The Kier molecular flexibility index (Phi) is 4.57.